The zero-order valence-electron chi connectivity index (χ0n) is 21.2. The first-order valence-corrected chi connectivity index (χ1v) is 16.2. The van der Waals surface area contributed by atoms with E-state index >= 15 is 0 Å². The van der Waals surface area contributed by atoms with E-state index in [4.69, 9.17) is 34.6 Å². The molecule has 15 heteroatoms. The lowest BCUT2D eigenvalue weighted by Crippen LogP contribution is -2.45. The first-order valence-electron chi connectivity index (χ1n) is 11.2. The number of rotatable bonds is 15. The number of aromatic nitrogens is 4. The number of hydrogen-bond donors (Lipinski definition) is 1. The third-order valence-electron chi connectivity index (χ3n) is 5.42. The van der Waals surface area contributed by atoms with E-state index < -0.39 is 22.0 Å². The highest BCUT2D eigenvalue weighted by Gasteiger charge is 2.38. The Labute approximate surface area is 211 Å². The Morgan fingerprint density at radius 1 is 1.20 bits per heavy atom. The fraction of sp³-hybridized carbons (Fsp3) is 0.700. The van der Waals surface area contributed by atoms with Crippen LogP contribution in [-0.2, 0) is 27.6 Å². The molecule has 0 aromatic carbocycles. The third-order valence-corrected chi connectivity index (χ3v) is 12.0. The molecule has 0 radical (unpaired) electrons. The molecule has 0 saturated carbocycles. The van der Waals surface area contributed by atoms with Gasteiger partial charge in [-0.3, -0.25) is 14.7 Å². The van der Waals surface area contributed by atoms with Gasteiger partial charge in [-0.15, -0.1) is 0 Å². The summed E-state index contributed by atoms with van der Waals surface area (Å²) in [6.45, 7) is 14.8. The Balaban J connectivity index is 2.25. The minimum atomic E-state index is -3.39. The summed E-state index contributed by atoms with van der Waals surface area (Å²) in [6, 6.07) is 0. The van der Waals surface area contributed by atoms with Crippen LogP contribution in [0.15, 0.2) is 6.33 Å². The summed E-state index contributed by atoms with van der Waals surface area (Å²) < 4.78 is 36.7. The van der Waals surface area contributed by atoms with Gasteiger partial charge >= 0.3 is 7.60 Å². The van der Waals surface area contributed by atoms with Crippen molar-refractivity contribution in [1.82, 2.24) is 19.7 Å². The highest BCUT2D eigenvalue weighted by Crippen LogP contribution is 2.47. The number of carbonyl (C=O) groups is 1. The van der Waals surface area contributed by atoms with Gasteiger partial charge < -0.3 is 23.0 Å². The summed E-state index contributed by atoms with van der Waals surface area (Å²) in [5.74, 6) is 0.00235. The average Bonchev–Trinajstić information content (AvgIpc) is 3.15. The van der Waals surface area contributed by atoms with E-state index in [1.807, 2.05) is 0 Å². The molecule has 2 rings (SSSR count). The van der Waals surface area contributed by atoms with E-state index in [0.717, 1.165) is 0 Å². The van der Waals surface area contributed by atoms with Gasteiger partial charge in [0.05, 0.1) is 26.4 Å². The van der Waals surface area contributed by atoms with Crippen molar-refractivity contribution in [2.24, 2.45) is 0 Å². The molecule has 0 aliphatic carbocycles. The number of nitrogens with one attached hydrogen (secondary N) is 1. The van der Waals surface area contributed by atoms with E-state index in [1.54, 1.807) is 13.8 Å². The molecule has 2 aromatic rings. The van der Waals surface area contributed by atoms with Crippen molar-refractivity contribution in [2.45, 2.75) is 58.9 Å². The number of imidazole rings is 1. The topological polar surface area (TPSA) is 136 Å². The van der Waals surface area contributed by atoms with Crippen molar-refractivity contribution in [1.29, 1.82) is 0 Å². The van der Waals surface area contributed by atoms with Gasteiger partial charge in [-0.25, -0.2) is 4.98 Å². The standard InChI is InChI=1S/C20H35ClN5O7PSi/c1-8-30-34(28,31-9-2)14-29-10-15(11-32-35(6,7)20(3,4)5)33-26-12-22-16-17(21)24-19(23-13-27)25-18(16)26/h12-13,15H,8-11,14H2,1-7H3,(H,23,24,25,27). The highest BCUT2D eigenvalue weighted by molar-refractivity contribution is 7.53. The van der Waals surface area contributed by atoms with Crippen molar-refractivity contribution in [3.05, 3.63) is 11.5 Å². The second-order valence-electron chi connectivity index (χ2n) is 9.09. The molecule has 0 bridgehead atoms. The second-order valence-corrected chi connectivity index (χ2v) is 16.3. The van der Waals surface area contributed by atoms with Crippen LogP contribution < -0.4 is 10.2 Å². The van der Waals surface area contributed by atoms with Crippen LogP contribution in [0.4, 0.5) is 5.95 Å². The lowest BCUT2D eigenvalue weighted by Gasteiger charge is -2.37. The fourth-order valence-electron chi connectivity index (χ4n) is 2.63. The summed E-state index contributed by atoms with van der Waals surface area (Å²) in [5, 5.41) is 2.40. The molecule has 0 aliphatic heterocycles. The van der Waals surface area contributed by atoms with Gasteiger partial charge in [0, 0.05) is 0 Å². The molecule has 1 unspecified atom stereocenters. The first kappa shape index (κ1) is 29.6. The largest absolute Gasteiger partial charge is 0.413 e. The molecule has 198 valence electrons. The van der Waals surface area contributed by atoms with Gasteiger partial charge in [0.1, 0.15) is 18.2 Å². The fourth-order valence-corrected chi connectivity index (χ4v) is 5.22. The maximum atomic E-state index is 12.8. The predicted molar refractivity (Wildman–Crippen MR) is 135 cm³/mol. The molecule has 1 amide bonds. The number of fused-ring (bicyclic) bond motifs is 1. The van der Waals surface area contributed by atoms with Crippen LogP contribution in [0.3, 0.4) is 0 Å². The smallest absolute Gasteiger partial charge is 0.356 e. The van der Waals surface area contributed by atoms with E-state index in [-0.39, 0.29) is 54.6 Å². The molecular weight excluding hydrogens is 517 g/mol. The normalized spacial score (nSPS) is 13.7. The number of anilines is 1. The van der Waals surface area contributed by atoms with Gasteiger partial charge in [-0.2, -0.15) is 14.7 Å². The quantitative estimate of drug-likeness (QED) is 0.149. The highest BCUT2D eigenvalue weighted by atomic mass is 35.5. The number of ether oxygens (including phenoxy) is 1. The average molecular weight is 552 g/mol. The van der Waals surface area contributed by atoms with Gasteiger partial charge in [-0.1, -0.05) is 32.4 Å². The van der Waals surface area contributed by atoms with Crippen molar-refractivity contribution in [2.75, 3.05) is 38.1 Å². The van der Waals surface area contributed by atoms with E-state index in [1.165, 1.54) is 11.1 Å². The number of halogens is 1. The molecular formula is C20H35ClN5O7PSi. The lowest BCUT2D eigenvalue weighted by atomic mass is 10.2. The third kappa shape index (κ3) is 8.21. The van der Waals surface area contributed by atoms with Crippen molar-refractivity contribution < 1.29 is 32.4 Å². The number of nitrogens with zero attached hydrogens (tertiary/aromatic N) is 4. The molecule has 1 atom stereocenters. The van der Waals surface area contributed by atoms with Gasteiger partial charge in [0.2, 0.25) is 18.0 Å². The minimum absolute atomic E-state index is 0.00235. The van der Waals surface area contributed by atoms with Crippen molar-refractivity contribution >= 4 is 51.0 Å². The molecule has 35 heavy (non-hydrogen) atoms. The Hall–Kier alpha value is -1.60. The summed E-state index contributed by atoms with van der Waals surface area (Å²) in [5.41, 5.74) is 0.547. The van der Waals surface area contributed by atoms with Crippen LogP contribution >= 0.6 is 19.2 Å². The van der Waals surface area contributed by atoms with E-state index in [9.17, 15) is 9.36 Å². The van der Waals surface area contributed by atoms with Crippen LogP contribution in [-0.4, -0.2) is 73.3 Å². The van der Waals surface area contributed by atoms with Crippen LogP contribution in [0.25, 0.3) is 11.2 Å². The van der Waals surface area contributed by atoms with Gasteiger partial charge in [0.15, 0.2) is 19.6 Å². The van der Waals surface area contributed by atoms with Crippen molar-refractivity contribution in [3.8, 4) is 0 Å². The molecule has 0 saturated heterocycles. The molecule has 2 heterocycles. The Kier molecular flexibility index (Phi) is 10.6. The Morgan fingerprint density at radius 2 is 1.86 bits per heavy atom. The lowest BCUT2D eigenvalue weighted by molar-refractivity contribution is -0.105. The molecule has 2 aromatic heterocycles. The van der Waals surface area contributed by atoms with Crippen molar-refractivity contribution in [3.63, 3.8) is 0 Å². The Bertz CT molecular complexity index is 1020. The predicted octanol–water partition coefficient (Wildman–Crippen LogP) is 4.11. The number of amides is 1. The van der Waals surface area contributed by atoms with Crippen LogP contribution in [0.5, 0.6) is 0 Å². The summed E-state index contributed by atoms with van der Waals surface area (Å²) in [4.78, 5) is 29.3. The first-order chi connectivity index (χ1) is 16.4. The van der Waals surface area contributed by atoms with E-state index in [2.05, 4.69) is 54.1 Å². The number of carbonyl (C=O) groups excluding carboxylic acids is 1. The molecule has 12 nitrogen and oxygen atoms in total. The summed E-state index contributed by atoms with van der Waals surface area (Å²) in [6.07, 6.45) is 0.966. The Morgan fingerprint density at radius 3 is 2.43 bits per heavy atom. The minimum Gasteiger partial charge on any atom is -0.413 e. The maximum Gasteiger partial charge on any atom is 0.356 e. The number of hydrogen-bond acceptors (Lipinski definition) is 10. The second kappa shape index (κ2) is 12.6. The maximum absolute atomic E-state index is 12.8. The summed E-state index contributed by atoms with van der Waals surface area (Å²) >= 11 is 6.17. The summed E-state index contributed by atoms with van der Waals surface area (Å²) in [7, 11) is -5.50. The van der Waals surface area contributed by atoms with Crippen LogP contribution in [0.1, 0.15) is 34.6 Å². The van der Waals surface area contributed by atoms with Crippen LogP contribution in [0.2, 0.25) is 23.3 Å². The van der Waals surface area contributed by atoms with Gasteiger partial charge in [0.25, 0.3) is 0 Å². The van der Waals surface area contributed by atoms with Crippen LogP contribution in [0, 0.1) is 0 Å². The zero-order chi connectivity index (χ0) is 26.3. The SMILES string of the molecule is CCOP(=O)(COCC(CO[Si](C)(C)C(C)(C)C)On1cnc2c(Cl)nc(NC=O)nc21)OCC. The zero-order valence-corrected chi connectivity index (χ0v) is 23.9. The molecule has 0 spiro atoms. The molecule has 0 aliphatic rings. The van der Waals surface area contributed by atoms with Gasteiger partial charge in [-0.05, 0) is 32.0 Å². The monoisotopic (exact) mass is 551 g/mol. The molecule has 1 N–H and O–H groups in total. The van der Waals surface area contributed by atoms with E-state index in [0.29, 0.717) is 11.9 Å². The molecule has 0 fully saturated rings.